The summed E-state index contributed by atoms with van der Waals surface area (Å²) in [6.07, 6.45) is 87.5. The second-order valence-corrected chi connectivity index (χ2v) is 30.6. The van der Waals surface area contributed by atoms with Crippen LogP contribution in [-0.2, 0) is 65.4 Å². The zero-order chi connectivity index (χ0) is 77.4. The number of ether oxygens (including phenoxy) is 4. The van der Waals surface area contributed by atoms with Gasteiger partial charge in [0.1, 0.15) is 19.3 Å². The molecule has 0 bridgehead atoms. The monoisotopic (exact) mass is 1530 g/mol. The molecule has 0 aromatic heterocycles. The SMILES string of the molecule is CC/C=C\C/C=C\C/C=C\C/C=C\C/C=C\C/C=C\CCC(=O)OCC(COP(=O)(O)OCC(O)COP(=O)(O)OCC(COC(=O)CCCCCCCCCCCCCCCCC)OC(=O)CCCCCCCCCCCCCCC)OC(=O)CCCCCCCC/C=C\C/C=C\C/C=C\C/C=C\CC. The van der Waals surface area contributed by atoms with Crippen molar-refractivity contribution in [3.05, 3.63) is 122 Å². The smallest absolute Gasteiger partial charge is 0.462 e. The Bertz CT molecular complexity index is 2480. The van der Waals surface area contributed by atoms with Gasteiger partial charge in [-0.3, -0.25) is 37.3 Å². The maximum atomic E-state index is 13.1. The molecule has 0 heterocycles. The fraction of sp³-hybridized carbons (Fsp3) is 0.724. The standard InChI is InChI=1S/C87H150O17P2/c1-5-9-13-17-21-25-29-33-36-38-40-42-45-49-52-56-60-64-68-72-85(90)98-78-83(104-87(92)74-70-66-62-58-54-50-46-43-41-39-37-34-30-26-22-18-14-10-6-2)80-102-106(95,96)100-76-81(88)75-99-105(93,94)101-79-82(103-86(91)73-69-65-61-57-53-47-32-28-24-20-16-12-8-4)77-97-84(89)71-67-63-59-55-51-48-44-35-31-27-23-19-15-11-7-3/h9-10,13-14,21-22,25-26,33-34,36-37,40-43,49,52,60,64,81-83,88H,5-8,11-12,15-20,23-24,27-32,35,38-39,44-48,50-51,53-59,61-63,65-80H2,1-4H3,(H,93,94)(H,95,96)/b13-9-,14-10-,25-21-,26-22-,36-33-,37-34-,42-40-,43-41-,52-49-,64-60-. The molecule has 0 saturated carbocycles. The number of carbonyl (C=O) groups is 4. The molecular weight excluding hydrogens is 1380 g/mol. The summed E-state index contributed by atoms with van der Waals surface area (Å²) in [6, 6.07) is 0. The van der Waals surface area contributed by atoms with E-state index in [4.69, 9.17) is 37.0 Å². The van der Waals surface area contributed by atoms with E-state index in [1.54, 1.807) is 0 Å². The number of aliphatic hydroxyl groups excluding tert-OH is 1. The van der Waals surface area contributed by atoms with Crippen molar-refractivity contribution in [1.29, 1.82) is 0 Å². The minimum Gasteiger partial charge on any atom is -0.462 e. The third kappa shape index (κ3) is 77.6. The molecule has 0 amide bonds. The Labute approximate surface area is 644 Å². The summed E-state index contributed by atoms with van der Waals surface area (Å²) in [5.74, 6) is -2.27. The zero-order valence-corrected chi connectivity index (χ0v) is 68.6. The van der Waals surface area contributed by atoms with Gasteiger partial charge in [0.15, 0.2) is 12.2 Å². The number of carbonyl (C=O) groups excluding carboxylic acids is 4. The van der Waals surface area contributed by atoms with Gasteiger partial charge < -0.3 is 33.8 Å². The van der Waals surface area contributed by atoms with Crippen LogP contribution in [0.1, 0.15) is 349 Å². The third-order valence-corrected chi connectivity index (χ3v) is 19.4. The van der Waals surface area contributed by atoms with Crippen molar-refractivity contribution in [2.24, 2.45) is 0 Å². The average Bonchev–Trinajstić information content (AvgIpc) is 0.903. The molecule has 0 aromatic rings. The van der Waals surface area contributed by atoms with E-state index in [2.05, 4.69) is 131 Å². The Morgan fingerprint density at radius 2 is 0.509 bits per heavy atom. The molecule has 3 N–H and O–H groups in total. The fourth-order valence-electron chi connectivity index (χ4n) is 11.2. The number of phosphoric acid groups is 2. The molecule has 0 radical (unpaired) electrons. The Morgan fingerprint density at radius 3 is 0.811 bits per heavy atom. The first-order chi connectivity index (χ1) is 51.7. The molecule has 17 nitrogen and oxygen atoms in total. The van der Waals surface area contributed by atoms with E-state index in [0.29, 0.717) is 32.1 Å². The van der Waals surface area contributed by atoms with Crippen LogP contribution < -0.4 is 0 Å². The summed E-state index contributed by atoms with van der Waals surface area (Å²) < 4.78 is 68.7. The van der Waals surface area contributed by atoms with Gasteiger partial charge in [-0.15, -0.1) is 0 Å². The van der Waals surface area contributed by atoms with E-state index in [-0.39, 0.29) is 25.7 Å². The summed E-state index contributed by atoms with van der Waals surface area (Å²) >= 11 is 0. The van der Waals surface area contributed by atoms with Gasteiger partial charge in [-0.05, 0) is 103 Å². The predicted octanol–water partition coefficient (Wildman–Crippen LogP) is 24.7. The zero-order valence-electron chi connectivity index (χ0n) is 66.8. The van der Waals surface area contributed by atoms with Crippen molar-refractivity contribution < 1.29 is 80.2 Å². The van der Waals surface area contributed by atoms with Crippen molar-refractivity contribution in [3.63, 3.8) is 0 Å². The lowest BCUT2D eigenvalue weighted by Gasteiger charge is -2.21. The summed E-state index contributed by atoms with van der Waals surface area (Å²) in [7, 11) is -9.98. The van der Waals surface area contributed by atoms with Crippen LogP contribution in [0.3, 0.4) is 0 Å². The van der Waals surface area contributed by atoms with E-state index in [0.717, 1.165) is 141 Å². The van der Waals surface area contributed by atoms with Crippen LogP contribution in [0.2, 0.25) is 0 Å². The largest absolute Gasteiger partial charge is 0.472 e. The Balaban J connectivity index is 5.42. The lowest BCUT2D eigenvalue weighted by molar-refractivity contribution is -0.161. The number of phosphoric ester groups is 2. The minimum absolute atomic E-state index is 0.0309. The van der Waals surface area contributed by atoms with E-state index >= 15 is 0 Å². The summed E-state index contributed by atoms with van der Waals surface area (Å²) in [5, 5.41) is 10.7. The second kappa shape index (κ2) is 78.6. The van der Waals surface area contributed by atoms with Crippen LogP contribution in [-0.4, -0.2) is 96.7 Å². The number of rotatable bonds is 78. The van der Waals surface area contributed by atoms with Gasteiger partial charge >= 0.3 is 39.5 Å². The fourth-order valence-corrected chi connectivity index (χ4v) is 12.8. The van der Waals surface area contributed by atoms with Gasteiger partial charge in [-0.1, -0.05) is 342 Å². The molecule has 0 rings (SSSR count). The predicted molar refractivity (Wildman–Crippen MR) is 436 cm³/mol. The highest BCUT2D eigenvalue weighted by Gasteiger charge is 2.30. The van der Waals surface area contributed by atoms with Crippen LogP contribution >= 0.6 is 15.6 Å². The van der Waals surface area contributed by atoms with Gasteiger partial charge in [0, 0.05) is 25.7 Å². The normalized spacial score (nSPS) is 14.4. The molecule has 0 spiro atoms. The highest BCUT2D eigenvalue weighted by Crippen LogP contribution is 2.45. The van der Waals surface area contributed by atoms with Crippen molar-refractivity contribution in [3.8, 4) is 0 Å². The van der Waals surface area contributed by atoms with Gasteiger partial charge in [-0.25, -0.2) is 9.13 Å². The van der Waals surface area contributed by atoms with Crippen LogP contribution in [0.15, 0.2) is 122 Å². The average molecular weight is 1530 g/mol. The van der Waals surface area contributed by atoms with E-state index in [1.165, 1.54) is 122 Å². The van der Waals surface area contributed by atoms with Crippen LogP contribution in [0, 0.1) is 0 Å². The van der Waals surface area contributed by atoms with Gasteiger partial charge in [0.05, 0.1) is 26.4 Å². The quantitative estimate of drug-likeness (QED) is 0.0169. The number of hydrogen-bond donors (Lipinski definition) is 3. The van der Waals surface area contributed by atoms with Gasteiger partial charge in [0.25, 0.3) is 0 Å². The van der Waals surface area contributed by atoms with Gasteiger partial charge in [0.2, 0.25) is 0 Å². The minimum atomic E-state index is -5.00. The topological polar surface area (TPSA) is 237 Å². The molecule has 0 aliphatic rings. The molecule has 0 aromatic carbocycles. The van der Waals surface area contributed by atoms with E-state index in [9.17, 15) is 43.2 Å². The van der Waals surface area contributed by atoms with Crippen molar-refractivity contribution >= 4 is 39.5 Å². The molecule has 19 heteroatoms. The number of allylic oxidation sites excluding steroid dienone is 20. The first-order valence-electron chi connectivity index (χ1n) is 41.8. The number of aliphatic hydroxyl groups is 1. The van der Waals surface area contributed by atoms with Crippen molar-refractivity contribution in [2.75, 3.05) is 39.6 Å². The Kier molecular flexibility index (Phi) is 75.2. The first kappa shape index (κ1) is 101. The van der Waals surface area contributed by atoms with Crippen LogP contribution in [0.5, 0.6) is 0 Å². The first-order valence-corrected chi connectivity index (χ1v) is 44.8. The molecule has 5 atom stereocenters. The summed E-state index contributed by atoms with van der Waals surface area (Å²) in [4.78, 5) is 73.1. The molecule has 610 valence electrons. The highest BCUT2D eigenvalue weighted by atomic mass is 31.2. The third-order valence-electron chi connectivity index (χ3n) is 17.5. The Morgan fingerprint density at radius 1 is 0.274 bits per heavy atom. The molecular formula is C87H150O17P2. The molecule has 106 heavy (non-hydrogen) atoms. The Hall–Kier alpha value is -4.54. The lowest BCUT2D eigenvalue weighted by Crippen LogP contribution is -2.30. The van der Waals surface area contributed by atoms with E-state index < -0.39 is 97.5 Å². The van der Waals surface area contributed by atoms with Crippen molar-refractivity contribution in [1.82, 2.24) is 0 Å². The lowest BCUT2D eigenvalue weighted by atomic mass is 10.0. The summed E-state index contributed by atoms with van der Waals surface area (Å²) in [6.45, 7) is 4.60. The van der Waals surface area contributed by atoms with Gasteiger partial charge in [-0.2, -0.15) is 0 Å². The molecule has 0 fully saturated rings. The molecule has 5 unspecified atom stereocenters. The highest BCUT2D eigenvalue weighted by molar-refractivity contribution is 7.47. The van der Waals surface area contributed by atoms with Crippen LogP contribution in [0.4, 0.5) is 0 Å². The molecule has 0 aliphatic carbocycles. The maximum Gasteiger partial charge on any atom is 0.472 e. The second-order valence-electron chi connectivity index (χ2n) is 27.7. The number of hydrogen-bond acceptors (Lipinski definition) is 15. The summed E-state index contributed by atoms with van der Waals surface area (Å²) in [5.41, 5.74) is 0. The van der Waals surface area contributed by atoms with Crippen LogP contribution in [0.25, 0.3) is 0 Å². The number of unbranched alkanes of at least 4 members (excludes halogenated alkanes) is 32. The maximum absolute atomic E-state index is 13.1. The molecule has 0 saturated heterocycles. The molecule has 0 aliphatic heterocycles. The van der Waals surface area contributed by atoms with E-state index in [1.807, 2.05) is 18.2 Å². The van der Waals surface area contributed by atoms with Crippen molar-refractivity contribution in [2.45, 2.75) is 367 Å². The number of esters is 4.